The molecule has 0 aromatic heterocycles. The zero-order chi connectivity index (χ0) is 16.1. The molecule has 0 aliphatic carbocycles. The van der Waals surface area contributed by atoms with E-state index in [0.717, 1.165) is 6.29 Å². The molecule has 5 heteroatoms. The highest BCUT2D eigenvalue weighted by Gasteiger charge is 2.34. The molecule has 0 fully saturated rings. The van der Waals surface area contributed by atoms with Crippen LogP contribution in [0.5, 0.6) is 0 Å². The molecule has 0 unspecified atom stereocenters. The minimum atomic E-state index is -0.660. The molecule has 1 amide bonds. The highest BCUT2D eigenvalue weighted by Crippen LogP contribution is 2.17. The van der Waals surface area contributed by atoms with Gasteiger partial charge in [-0.3, -0.25) is 4.90 Å². The lowest BCUT2D eigenvalue weighted by molar-refractivity contribution is -0.120. The molecule has 0 radical (unpaired) electrons. The van der Waals surface area contributed by atoms with Crippen LogP contribution in [-0.4, -0.2) is 47.2 Å². The number of amides is 1. The summed E-state index contributed by atoms with van der Waals surface area (Å²) in [7, 11) is 0. The Hall–Kier alpha value is -1.10. The van der Waals surface area contributed by atoms with Crippen molar-refractivity contribution in [3.05, 3.63) is 0 Å². The molecule has 0 aromatic rings. The lowest BCUT2D eigenvalue weighted by Gasteiger charge is -2.36. The summed E-state index contributed by atoms with van der Waals surface area (Å²) >= 11 is 0. The number of carbonyl (C=O) groups excluding carboxylic acids is 2. The maximum atomic E-state index is 12.3. The minimum Gasteiger partial charge on any atom is -0.444 e. The van der Waals surface area contributed by atoms with E-state index in [1.807, 2.05) is 27.7 Å². The fourth-order valence-corrected chi connectivity index (χ4v) is 1.90. The third kappa shape index (κ3) is 6.37. The predicted molar refractivity (Wildman–Crippen MR) is 78.7 cm³/mol. The Balaban J connectivity index is 5.12. The van der Waals surface area contributed by atoms with Gasteiger partial charge in [-0.2, -0.15) is 0 Å². The van der Waals surface area contributed by atoms with Gasteiger partial charge < -0.3 is 14.3 Å². The van der Waals surface area contributed by atoms with Crippen LogP contribution in [0.15, 0.2) is 0 Å². The number of ether oxygens (including phenoxy) is 2. The van der Waals surface area contributed by atoms with Gasteiger partial charge in [0.25, 0.3) is 0 Å². The normalized spacial score (nSPS) is 15.1. The first kappa shape index (κ1) is 18.9. The van der Waals surface area contributed by atoms with E-state index in [4.69, 9.17) is 9.47 Å². The summed E-state index contributed by atoms with van der Waals surface area (Å²) < 4.78 is 11.0. The smallest absolute Gasteiger partial charge is 0.411 e. The first-order chi connectivity index (χ1) is 8.99. The molecule has 0 spiro atoms. The van der Waals surface area contributed by atoms with Crippen molar-refractivity contribution in [2.24, 2.45) is 0 Å². The van der Waals surface area contributed by atoms with Crippen molar-refractivity contribution in [2.75, 3.05) is 0 Å². The molecular formula is C15H29NO4. The van der Waals surface area contributed by atoms with Crippen LogP contribution in [0.1, 0.15) is 55.4 Å². The Morgan fingerprint density at radius 3 is 1.90 bits per heavy atom. The molecule has 0 N–H and O–H groups in total. The summed E-state index contributed by atoms with van der Waals surface area (Å²) in [6.45, 7) is 14.7. The van der Waals surface area contributed by atoms with E-state index < -0.39 is 17.7 Å². The van der Waals surface area contributed by atoms with Crippen LogP contribution >= 0.6 is 0 Å². The topological polar surface area (TPSA) is 55.8 Å². The van der Waals surface area contributed by atoms with Crippen LogP contribution in [0.4, 0.5) is 4.79 Å². The number of carbonyl (C=O) groups is 2. The SMILES string of the molecule is CC(C)O[C@@H](C)[C@H](C=O)N(C(=O)OC(C)(C)C)C(C)C. The van der Waals surface area contributed by atoms with Gasteiger partial charge in [0.1, 0.15) is 17.9 Å². The van der Waals surface area contributed by atoms with Gasteiger partial charge in [-0.25, -0.2) is 4.79 Å². The largest absolute Gasteiger partial charge is 0.444 e. The van der Waals surface area contributed by atoms with E-state index in [2.05, 4.69) is 0 Å². The summed E-state index contributed by atoms with van der Waals surface area (Å²) in [5, 5.41) is 0. The summed E-state index contributed by atoms with van der Waals surface area (Å²) in [5.41, 5.74) is -0.597. The van der Waals surface area contributed by atoms with Gasteiger partial charge in [0, 0.05) is 6.04 Å². The van der Waals surface area contributed by atoms with Crippen LogP contribution < -0.4 is 0 Å². The van der Waals surface area contributed by atoms with Crippen molar-refractivity contribution in [3.63, 3.8) is 0 Å². The number of hydrogen-bond donors (Lipinski definition) is 0. The fraction of sp³-hybridized carbons (Fsp3) is 0.867. The molecule has 0 aliphatic heterocycles. The second kappa shape index (κ2) is 7.62. The Kier molecular flexibility index (Phi) is 7.20. The van der Waals surface area contributed by atoms with Crippen LogP contribution in [0.2, 0.25) is 0 Å². The van der Waals surface area contributed by atoms with Crippen LogP contribution in [0.3, 0.4) is 0 Å². The van der Waals surface area contributed by atoms with Crippen molar-refractivity contribution >= 4 is 12.4 Å². The highest BCUT2D eigenvalue weighted by molar-refractivity contribution is 5.74. The lowest BCUT2D eigenvalue weighted by atomic mass is 10.1. The molecule has 5 nitrogen and oxygen atoms in total. The zero-order valence-corrected chi connectivity index (χ0v) is 14.0. The van der Waals surface area contributed by atoms with Gasteiger partial charge in [-0.15, -0.1) is 0 Å². The molecule has 0 aromatic carbocycles. The van der Waals surface area contributed by atoms with Crippen molar-refractivity contribution < 1.29 is 19.1 Å². The number of nitrogens with zero attached hydrogens (tertiary/aromatic N) is 1. The average molecular weight is 287 g/mol. The molecule has 118 valence electrons. The molecule has 0 bridgehead atoms. The molecular weight excluding hydrogens is 258 g/mol. The van der Waals surface area contributed by atoms with E-state index in [0.29, 0.717) is 0 Å². The average Bonchev–Trinajstić information content (AvgIpc) is 2.20. The third-order valence-electron chi connectivity index (χ3n) is 2.59. The van der Waals surface area contributed by atoms with E-state index in [9.17, 15) is 9.59 Å². The van der Waals surface area contributed by atoms with Crippen molar-refractivity contribution in [2.45, 2.75) is 85.3 Å². The second-order valence-corrected chi connectivity index (χ2v) is 6.50. The second-order valence-electron chi connectivity index (χ2n) is 6.50. The van der Waals surface area contributed by atoms with Crippen LogP contribution in [0.25, 0.3) is 0 Å². The molecule has 0 saturated carbocycles. The number of hydrogen-bond acceptors (Lipinski definition) is 4. The Bertz CT molecular complexity index is 320. The summed E-state index contributed by atoms with van der Waals surface area (Å²) in [4.78, 5) is 25.1. The van der Waals surface area contributed by atoms with Gasteiger partial charge in [-0.1, -0.05) is 0 Å². The van der Waals surface area contributed by atoms with Crippen molar-refractivity contribution in [1.82, 2.24) is 4.90 Å². The minimum absolute atomic E-state index is 0.0138. The van der Waals surface area contributed by atoms with E-state index in [1.54, 1.807) is 27.7 Å². The monoisotopic (exact) mass is 287 g/mol. The fourth-order valence-electron chi connectivity index (χ4n) is 1.90. The van der Waals surface area contributed by atoms with Gasteiger partial charge >= 0.3 is 6.09 Å². The van der Waals surface area contributed by atoms with Crippen molar-refractivity contribution in [1.29, 1.82) is 0 Å². The molecule has 0 rings (SSSR count). The van der Waals surface area contributed by atoms with E-state index >= 15 is 0 Å². The first-order valence-electron chi connectivity index (χ1n) is 7.11. The first-order valence-corrected chi connectivity index (χ1v) is 7.11. The lowest BCUT2D eigenvalue weighted by Crippen LogP contribution is -2.53. The van der Waals surface area contributed by atoms with Crippen LogP contribution in [-0.2, 0) is 14.3 Å². The summed E-state index contributed by atoms with van der Waals surface area (Å²) in [5.74, 6) is 0. The standard InChI is InChI=1S/C15H29NO4/c1-10(2)16(14(18)20-15(6,7)8)13(9-17)12(5)19-11(3)4/h9-13H,1-8H3/t12-,13-/m0/s1. The Labute approximate surface area is 122 Å². The molecule has 20 heavy (non-hydrogen) atoms. The van der Waals surface area contributed by atoms with Gasteiger partial charge in [-0.05, 0) is 55.4 Å². The Morgan fingerprint density at radius 1 is 1.10 bits per heavy atom. The van der Waals surface area contributed by atoms with Crippen LogP contribution in [0, 0.1) is 0 Å². The highest BCUT2D eigenvalue weighted by atomic mass is 16.6. The molecule has 0 aliphatic rings. The van der Waals surface area contributed by atoms with E-state index in [1.165, 1.54) is 4.90 Å². The van der Waals surface area contributed by atoms with Gasteiger partial charge in [0.05, 0.1) is 12.2 Å². The predicted octanol–water partition coefficient (Wildman–Crippen LogP) is 3.01. The maximum Gasteiger partial charge on any atom is 0.411 e. The molecule has 2 atom stereocenters. The third-order valence-corrected chi connectivity index (χ3v) is 2.59. The number of rotatable bonds is 6. The molecule has 0 saturated heterocycles. The maximum absolute atomic E-state index is 12.3. The Morgan fingerprint density at radius 2 is 1.60 bits per heavy atom. The zero-order valence-electron chi connectivity index (χ0n) is 14.0. The van der Waals surface area contributed by atoms with E-state index in [-0.39, 0.29) is 18.2 Å². The summed E-state index contributed by atoms with van der Waals surface area (Å²) in [6.07, 6.45) is -0.150. The number of aldehydes is 1. The molecule has 0 heterocycles. The van der Waals surface area contributed by atoms with Gasteiger partial charge in [0.2, 0.25) is 0 Å². The quantitative estimate of drug-likeness (QED) is 0.705. The summed E-state index contributed by atoms with van der Waals surface area (Å²) in [6, 6.07) is -0.814. The van der Waals surface area contributed by atoms with Crippen molar-refractivity contribution in [3.8, 4) is 0 Å². The van der Waals surface area contributed by atoms with Gasteiger partial charge in [0.15, 0.2) is 0 Å².